The fourth-order valence-corrected chi connectivity index (χ4v) is 9.32. The second kappa shape index (κ2) is 56.9. The maximum absolute atomic E-state index is 12.7. The molecular formula is C61H120N6O2. The van der Waals surface area contributed by atoms with Gasteiger partial charge in [-0.1, -0.05) is 191 Å². The first-order valence-corrected chi connectivity index (χ1v) is 30.1. The van der Waals surface area contributed by atoms with Crippen LogP contribution >= 0.6 is 0 Å². The molecular weight excluding hydrogens is 849 g/mol. The van der Waals surface area contributed by atoms with Crippen molar-refractivity contribution in [2.24, 2.45) is 17.4 Å². The molecule has 0 saturated heterocycles. The number of carbonyl (C=O) groups is 1. The number of nitrogens with two attached hydrogens (primary N) is 2. The molecule has 0 bridgehead atoms. The van der Waals surface area contributed by atoms with E-state index in [0.29, 0.717) is 19.0 Å². The minimum atomic E-state index is -0.494. The minimum Gasteiger partial charge on any atom is -0.391 e. The standard InChI is InChI=1S/C61H120N6O2/c1-4-7-10-12-14-16-18-20-22-24-26-28-30-32-34-36-38-46-59(45-37-35-33-31-29-27-25-23-21-19-17-15-13-11-8-5-2)47-48-60(68)58-65-61(69)64-51-44-57-66(52-39-9-6-3)53-40-41-54-67(55-42-49-62)56-43-50-63/h14-17,20-23,59-60,68H,4-13,18-19,24-58,62-63H2,1-3H3,(H2,64,65,69). The number of carbonyl (C=O) groups excluding carboxylic acids is 1. The van der Waals surface area contributed by atoms with Crippen LogP contribution in [-0.2, 0) is 0 Å². The van der Waals surface area contributed by atoms with Gasteiger partial charge in [0.1, 0.15) is 0 Å². The summed E-state index contributed by atoms with van der Waals surface area (Å²) in [5.41, 5.74) is 11.6. The zero-order chi connectivity index (χ0) is 50.2. The van der Waals surface area contributed by atoms with Crippen LogP contribution in [-0.4, -0.2) is 92.5 Å². The highest BCUT2D eigenvalue weighted by Crippen LogP contribution is 2.24. The highest BCUT2D eigenvalue weighted by molar-refractivity contribution is 5.73. The topological polar surface area (TPSA) is 120 Å². The van der Waals surface area contributed by atoms with E-state index in [0.717, 1.165) is 97.3 Å². The molecule has 406 valence electrons. The lowest BCUT2D eigenvalue weighted by Crippen LogP contribution is -2.41. The van der Waals surface area contributed by atoms with Crippen LogP contribution in [0.3, 0.4) is 0 Å². The first-order chi connectivity index (χ1) is 34.0. The molecule has 0 heterocycles. The molecule has 2 atom stereocenters. The smallest absolute Gasteiger partial charge is 0.314 e. The zero-order valence-electron chi connectivity index (χ0n) is 46.4. The molecule has 0 rings (SSSR count). The van der Waals surface area contributed by atoms with E-state index < -0.39 is 6.10 Å². The average Bonchev–Trinajstić information content (AvgIpc) is 3.35. The lowest BCUT2D eigenvalue weighted by atomic mass is 9.89. The van der Waals surface area contributed by atoms with E-state index in [4.69, 9.17) is 11.5 Å². The van der Waals surface area contributed by atoms with E-state index in [1.165, 1.54) is 193 Å². The number of allylic oxidation sites excluding steroid dienone is 8. The third-order valence-electron chi connectivity index (χ3n) is 13.9. The van der Waals surface area contributed by atoms with Gasteiger partial charge in [-0.3, -0.25) is 0 Å². The molecule has 8 heteroatoms. The Bertz CT molecular complexity index is 1140. The van der Waals surface area contributed by atoms with Crippen LogP contribution in [0, 0.1) is 5.92 Å². The van der Waals surface area contributed by atoms with Crippen molar-refractivity contribution in [3.05, 3.63) is 48.6 Å². The average molecular weight is 970 g/mol. The molecule has 0 aliphatic heterocycles. The Kier molecular flexibility index (Phi) is 55.3. The molecule has 2 amide bonds. The third kappa shape index (κ3) is 52.2. The zero-order valence-corrected chi connectivity index (χ0v) is 46.4. The fourth-order valence-electron chi connectivity index (χ4n) is 9.32. The van der Waals surface area contributed by atoms with Crippen LogP contribution in [0.15, 0.2) is 48.6 Å². The summed E-state index contributed by atoms with van der Waals surface area (Å²) < 4.78 is 0. The van der Waals surface area contributed by atoms with Crippen molar-refractivity contribution in [1.29, 1.82) is 0 Å². The van der Waals surface area contributed by atoms with Crippen LogP contribution in [0.25, 0.3) is 0 Å². The first-order valence-electron chi connectivity index (χ1n) is 30.1. The summed E-state index contributed by atoms with van der Waals surface area (Å²) in [4.78, 5) is 17.9. The SMILES string of the molecule is CCCCCC=CCC=CCCCCCCCCCC(CCCCCCCCC=CCC=CCCCCC)CCC(O)CNC(=O)NCCCN(CCCCC)CCCCN(CCCN)CCCN. The summed E-state index contributed by atoms with van der Waals surface area (Å²) in [5.74, 6) is 0.670. The molecule has 0 aliphatic rings. The van der Waals surface area contributed by atoms with Gasteiger partial charge in [0, 0.05) is 13.1 Å². The maximum Gasteiger partial charge on any atom is 0.314 e. The Labute approximate surface area is 430 Å². The van der Waals surface area contributed by atoms with Crippen molar-refractivity contribution in [3.8, 4) is 0 Å². The van der Waals surface area contributed by atoms with Gasteiger partial charge in [-0.25, -0.2) is 4.79 Å². The van der Waals surface area contributed by atoms with E-state index in [1.54, 1.807) is 0 Å². The number of aliphatic hydroxyl groups excluding tert-OH is 1. The van der Waals surface area contributed by atoms with E-state index in [2.05, 4.69) is 89.8 Å². The molecule has 69 heavy (non-hydrogen) atoms. The number of hydrogen-bond acceptors (Lipinski definition) is 6. The Morgan fingerprint density at radius 1 is 0.420 bits per heavy atom. The van der Waals surface area contributed by atoms with Crippen molar-refractivity contribution >= 4 is 6.03 Å². The summed E-state index contributed by atoms with van der Waals surface area (Å²) in [5, 5.41) is 17.0. The van der Waals surface area contributed by atoms with Crippen molar-refractivity contribution < 1.29 is 9.90 Å². The van der Waals surface area contributed by atoms with Crippen molar-refractivity contribution in [2.75, 3.05) is 65.4 Å². The summed E-state index contributed by atoms with van der Waals surface area (Å²) in [6, 6.07) is -0.156. The van der Waals surface area contributed by atoms with E-state index >= 15 is 0 Å². The third-order valence-corrected chi connectivity index (χ3v) is 13.9. The molecule has 0 radical (unpaired) electrons. The second-order valence-electron chi connectivity index (χ2n) is 20.6. The number of aliphatic hydroxyl groups is 1. The number of unbranched alkanes of at least 4 members (excludes halogenated alkanes) is 22. The Morgan fingerprint density at radius 2 is 0.783 bits per heavy atom. The number of nitrogens with one attached hydrogen (secondary N) is 2. The van der Waals surface area contributed by atoms with Crippen LogP contribution in [0.5, 0.6) is 0 Å². The number of amides is 2. The monoisotopic (exact) mass is 969 g/mol. The fraction of sp³-hybridized carbons (Fsp3) is 0.852. The van der Waals surface area contributed by atoms with Crippen LogP contribution < -0.4 is 22.1 Å². The van der Waals surface area contributed by atoms with E-state index in [9.17, 15) is 9.90 Å². The van der Waals surface area contributed by atoms with Crippen molar-refractivity contribution in [2.45, 2.75) is 264 Å². The van der Waals surface area contributed by atoms with E-state index in [-0.39, 0.29) is 6.03 Å². The van der Waals surface area contributed by atoms with Gasteiger partial charge in [0.15, 0.2) is 0 Å². The summed E-state index contributed by atoms with van der Waals surface area (Å²) in [7, 11) is 0. The van der Waals surface area contributed by atoms with Gasteiger partial charge < -0.3 is 37.0 Å². The normalized spacial score (nSPS) is 13.2. The van der Waals surface area contributed by atoms with Crippen LogP contribution in [0.2, 0.25) is 0 Å². The lowest BCUT2D eigenvalue weighted by molar-refractivity contribution is 0.149. The maximum atomic E-state index is 12.7. The molecule has 2 unspecified atom stereocenters. The minimum absolute atomic E-state index is 0.156. The number of nitrogens with zero attached hydrogens (tertiary/aromatic N) is 2. The highest BCUT2D eigenvalue weighted by Gasteiger charge is 2.14. The van der Waals surface area contributed by atoms with Gasteiger partial charge in [0.2, 0.25) is 0 Å². The van der Waals surface area contributed by atoms with Crippen molar-refractivity contribution in [1.82, 2.24) is 20.4 Å². The quantitative estimate of drug-likeness (QED) is 0.0306. The molecule has 0 spiro atoms. The molecule has 0 aromatic carbocycles. The Morgan fingerprint density at radius 3 is 1.22 bits per heavy atom. The molecule has 0 aromatic rings. The molecule has 0 fully saturated rings. The van der Waals surface area contributed by atoms with Crippen molar-refractivity contribution in [3.63, 3.8) is 0 Å². The van der Waals surface area contributed by atoms with Gasteiger partial charge in [0.25, 0.3) is 0 Å². The van der Waals surface area contributed by atoms with Gasteiger partial charge in [0.05, 0.1) is 6.10 Å². The van der Waals surface area contributed by atoms with Crippen LogP contribution in [0.4, 0.5) is 4.79 Å². The number of rotatable bonds is 55. The molecule has 7 N–H and O–H groups in total. The predicted molar refractivity (Wildman–Crippen MR) is 306 cm³/mol. The van der Waals surface area contributed by atoms with E-state index in [1.807, 2.05) is 0 Å². The Balaban J connectivity index is 4.62. The van der Waals surface area contributed by atoms with Gasteiger partial charge in [-0.2, -0.15) is 0 Å². The first kappa shape index (κ1) is 67.0. The predicted octanol–water partition coefficient (Wildman–Crippen LogP) is 15.5. The van der Waals surface area contributed by atoms with Crippen LogP contribution in [0.1, 0.15) is 258 Å². The number of hydrogen-bond donors (Lipinski definition) is 5. The molecule has 8 nitrogen and oxygen atoms in total. The summed E-state index contributed by atoms with van der Waals surface area (Å²) in [6.07, 6.45) is 64.1. The largest absolute Gasteiger partial charge is 0.391 e. The second-order valence-corrected chi connectivity index (χ2v) is 20.6. The van der Waals surface area contributed by atoms with Gasteiger partial charge in [-0.15, -0.1) is 0 Å². The summed E-state index contributed by atoms with van der Waals surface area (Å²) >= 11 is 0. The molecule has 0 aromatic heterocycles. The highest BCUT2D eigenvalue weighted by atomic mass is 16.3. The van der Waals surface area contributed by atoms with Gasteiger partial charge >= 0.3 is 6.03 Å². The molecule has 0 aliphatic carbocycles. The summed E-state index contributed by atoms with van der Waals surface area (Å²) in [6.45, 7) is 15.8. The Hall–Kier alpha value is -1.97. The molecule has 0 saturated carbocycles. The lowest BCUT2D eigenvalue weighted by Gasteiger charge is -2.24. The number of urea groups is 1. The van der Waals surface area contributed by atoms with Gasteiger partial charge in [-0.05, 0) is 174 Å².